The van der Waals surface area contributed by atoms with Crippen molar-refractivity contribution in [1.29, 1.82) is 0 Å². The monoisotopic (exact) mass is 335 g/mol. The highest BCUT2D eigenvalue weighted by Crippen LogP contribution is 2.00. The number of esters is 2. The predicted molar refractivity (Wildman–Crippen MR) is 78.7 cm³/mol. The Balaban J connectivity index is 4.07. The van der Waals surface area contributed by atoms with Crippen LogP contribution >= 0.6 is 0 Å². The Morgan fingerprint density at radius 3 is 2.26 bits per heavy atom. The molecule has 1 amide bonds. The topological polar surface area (TPSA) is 120 Å². The van der Waals surface area contributed by atoms with Gasteiger partial charge in [-0.2, -0.15) is 0 Å². The van der Waals surface area contributed by atoms with Crippen LogP contribution in [0.25, 0.3) is 0 Å². The van der Waals surface area contributed by atoms with Crippen molar-refractivity contribution in [3.8, 4) is 0 Å². The third-order valence-electron chi connectivity index (χ3n) is 2.46. The molecular weight excluding hydrogens is 310 g/mol. The van der Waals surface area contributed by atoms with Gasteiger partial charge in [-0.05, 0) is 0 Å². The third-order valence-corrected chi connectivity index (χ3v) is 2.46. The van der Waals surface area contributed by atoms with Gasteiger partial charge in [0.1, 0.15) is 13.2 Å². The van der Waals surface area contributed by atoms with Gasteiger partial charge in [-0.1, -0.05) is 13.8 Å². The van der Waals surface area contributed by atoms with Crippen LogP contribution in [-0.4, -0.2) is 68.8 Å². The van der Waals surface area contributed by atoms with E-state index in [1.54, 1.807) is 13.8 Å². The number of aliphatic hydroxyl groups is 1. The molecule has 0 spiro atoms. The molecule has 2 N–H and O–H groups in total. The van der Waals surface area contributed by atoms with Crippen molar-refractivity contribution in [3.63, 3.8) is 0 Å². The van der Waals surface area contributed by atoms with Crippen LogP contribution in [0.4, 0.5) is 4.79 Å². The second-order valence-electron chi connectivity index (χ2n) is 4.36. The van der Waals surface area contributed by atoms with E-state index >= 15 is 0 Å². The number of aliphatic hydroxyl groups excluding tert-OH is 1. The number of amides is 1. The fourth-order valence-corrected chi connectivity index (χ4v) is 1.28. The van der Waals surface area contributed by atoms with Crippen LogP contribution < -0.4 is 5.32 Å². The van der Waals surface area contributed by atoms with Gasteiger partial charge in [0.2, 0.25) is 0 Å². The molecule has 0 aliphatic rings. The Morgan fingerprint density at radius 1 is 1.00 bits per heavy atom. The summed E-state index contributed by atoms with van der Waals surface area (Å²) in [7, 11) is 0. The van der Waals surface area contributed by atoms with E-state index in [2.05, 4.69) is 5.32 Å². The van der Waals surface area contributed by atoms with E-state index in [4.69, 9.17) is 24.1 Å². The number of carbonyl (C=O) groups excluding carboxylic acids is 3. The number of alkyl carbamates (subject to hydrolysis) is 1. The summed E-state index contributed by atoms with van der Waals surface area (Å²) in [6.45, 7) is 3.40. The van der Waals surface area contributed by atoms with Gasteiger partial charge in [0.25, 0.3) is 0 Å². The Labute approximate surface area is 135 Å². The number of carbonyl (C=O) groups is 3. The summed E-state index contributed by atoms with van der Waals surface area (Å²) < 4.78 is 19.8. The summed E-state index contributed by atoms with van der Waals surface area (Å²) >= 11 is 0. The molecule has 134 valence electrons. The molecule has 0 saturated carbocycles. The largest absolute Gasteiger partial charge is 0.462 e. The molecule has 0 rings (SSSR count). The molecule has 1 atom stereocenters. The lowest BCUT2D eigenvalue weighted by Gasteiger charge is -2.17. The number of nitrogens with one attached hydrogen (secondary N) is 1. The van der Waals surface area contributed by atoms with Crippen molar-refractivity contribution in [2.75, 3.05) is 39.6 Å². The van der Waals surface area contributed by atoms with Crippen LogP contribution in [0.5, 0.6) is 0 Å². The molecule has 0 bridgehead atoms. The van der Waals surface area contributed by atoms with E-state index in [1.165, 1.54) is 0 Å². The molecule has 23 heavy (non-hydrogen) atoms. The van der Waals surface area contributed by atoms with Crippen molar-refractivity contribution in [3.05, 3.63) is 0 Å². The Morgan fingerprint density at radius 2 is 1.65 bits per heavy atom. The lowest BCUT2D eigenvalue weighted by Crippen LogP contribution is -2.34. The van der Waals surface area contributed by atoms with Gasteiger partial charge in [0, 0.05) is 19.4 Å². The second-order valence-corrected chi connectivity index (χ2v) is 4.36. The van der Waals surface area contributed by atoms with Crippen LogP contribution in [0.2, 0.25) is 0 Å². The third kappa shape index (κ3) is 12.4. The van der Waals surface area contributed by atoms with Gasteiger partial charge in [-0.25, -0.2) is 4.79 Å². The molecule has 0 radical (unpaired) electrons. The first-order chi connectivity index (χ1) is 11.0. The summed E-state index contributed by atoms with van der Waals surface area (Å²) in [5.41, 5.74) is 0. The predicted octanol–water partition coefficient (Wildman–Crippen LogP) is -0.00350. The highest BCUT2D eigenvalue weighted by atomic mass is 16.6. The maximum Gasteiger partial charge on any atom is 0.407 e. The van der Waals surface area contributed by atoms with Gasteiger partial charge in [-0.3, -0.25) is 9.59 Å². The Kier molecular flexibility index (Phi) is 12.7. The minimum Gasteiger partial charge on any atom is -0.462 e. The van der Waals surface area contributed by atoms with Crippen molar-refractivity contribution in [1.82, 2.24) is 5.32 Å². The van der Waals surface area contributed by atoms with Crippen LogP contribution in [0.15, 0.2) is 0 Å². The lowest BCUT2D eigenvalue weighted by molar-refractivity contribution is -0.161. The molecule has 1 unspecified atom stereocenters. The SMILES string of the molecule is CCC(=O)OCC(COC(=O)NCCOCCO)OC(=O)CC. The number of hydrogen-bond acceptors (Lipinski definition) is 8. The Hall–Kier alpha value is -1.87. The molecule has 0 aliphatic heterocycles. The van der Waals surface area contributed by atoms with Crippen LogP contribution in [0.3, 0.4) is 0 Å². The smallest absolute Gasteiger partial charge is 0.407 e. The molecule has 0 saturated heterocycles. The molecule has 0 aliphatic carbocycles. The molecule has 0 heterocycles. The number of ether oxygens (including phenoxy) is 4. The van der Waals surface area contributed by atoms with Crippen molar-refractivity contribution < 1.29 is 38.4 Å². The Bertz CT molecular complexity index is 361. The first-order valence-electron chi connectivity index (χ1n) is 7.47. The van der Waals surface area contributed by atoms with Gasteiger partial charge < -0.3 is 29.4 Å². The van der Waals surface area contributed by atoms with Gasteiger partial charge in [0.15, 0.2) is 6.10 Å². The zero-order chi connectivity index (χ0) is 17.5. The van der Waals surface area contributed by atoms with Crippen molar-refractivity contribution >= 4 is 18.0 Å². The lowest BCUT2D eigenvalue weighted by atomic mass is 10.4. The van der Waals surface area contributed by atoms with E-state index in [1.807, 2.05) is 0 Å². The molecular formula is C14H25NO8. The number of hydrogen-bond donors (Lipinski definition) is 2. The average molecular weight is 335 g/mol. The van der Waals surface area contributed by atoms with E-state index in [9.17, 15) is 14.4 Å². The zero-order valence-corrected chi connectivity index (χ0v) is 13.5. The summed E-state index contributed by atoms with van der Waals surface area (Å²) in [5, 5.41) is 10.9. The molecule has 0 aromatic carbocycles. The van der Waals surface area contributed by atoms with Gasteiger partial charge in [-0.15, -0.1) is 0 Å². The zero-order valence-electron chi connectivity index (χ0n) is 13.5. The average Bonchev–Trinajstić information content (AvgIpc) is 2.56. The van der Waals surface area contributed by atoms with E-state index in [-0.39, 0.29) is 52.4 Å². The van der Waals surface area contributed by atoms with Crippen molar-refractivity contribution in [2.24, 2.45) is 0 Å². The van der Waals surface area contributed by atoms with Crippen LogP contribution in [0.1, 0.15) is 26.7 Å². The standard InChI is InChI=1S/C14H25NO8/c1-3-12(17)21-9-11(23-13(18)4-2)10-22-14(19)15-5-7-20-8-6-16/h11,16H,3-10H2,1-2H3,(H,15,19). The van der Waals surface area contributed by atoms with Crippen LogP contribution in [0, 0.1) is 0 Å². The maximum absolute atomic E-state index is 11.4. The van der Waals surface area contributed by atoms with Gasteiger partial charge >= 0.3 is 18.0 Å². The summed E-state index contributed by atoms with van der Waals surface area (Å²) in [4.78, 5) is 33.9. The first kappa shape index (κ1) is 21.1. The summed E-state index contributed by atoms with van der Waals surface area (Å²) in [6, 6.07) is 0. The molecule has 0 aromatic heterocycles. The molecule has 0 fully saturated rings. The quantitative estimate of drug-likeness (QED) is 0.290. The van der Waals surface area contributed by atoms with Crippen molar-refractivity contribution in [2.45, 2.75) is 32.8 Å². The second kappa shape index (κ2) is 13.8. The highest BCUT2D eigenvalue weighted by molar-refractivity contribution is 5.70. The fraction of sp³-hybridized carbons (Fsp3) is 0.786. The summed E-state index contributed by atoms with van der Waals surface area (Å²) in [5.74, 6) is -0.919. The summed E-state index contributed by atoms with van der Waals surface area (Å²) in [6.07, 6.45) is -1.21. The van der Waals surface area contributed by atoms with E-state index in [0.717, 1.165) is 0 Å². The highest BCUT2D eigenvalue weighted by Gasteiger charge is 2.18. The first-order valence-corrected chi connectivity index (χ1v) is 7.47. The normalized spacial score (nSPS) is 11.4. The maximum atomic E-state index is 11.4. The van der Waals surface area contributed by atoms with Gasteiger partial charge in [0.05, 0.1) is 19.8 Å². The molecule has 9 nitrogen and oxygen atoms in total. The molecule has 0 aromatic rings. The number of rotatable bonds is 12. The fourth-order valence-electron chi connectivity index (χ4n) is 1.28. The molecule has 9 heteroatoms. The van der Waals surface area contributed by atoms with Crippen LogP contribution in [-0.2, 0) is 28.5 Å². The van der Waals surface area contributed by atoms with E-state index in [0.29, 0.717) is 0 Å². The van der Waals surface area contributed by atoms with E-state index < -0.39 is 24.1 Å². The minimum absolute atomic E-state index is 0.0919. The minimum atomic E-state index is -0.852.